The van der Waals surface area contributed by atoms with Gasteiger partial charge in [0.05, 0.1) is 42.7 Å². The quantitative estimate of drug-likeness (QED) is 0.190. The van der Waals surface area contributed by atoms with Crippen LogP contribution < -0.4 is 0 Å². The molecular formula is C32H43N5O6. The van der Waals surface area contributed by atoms with Gasteiger partial charge in [0.25, 0.3) is 0 Å². The van der Waals surface area contributed by atoms with Crippen molar-refractivity contribution >= 4 is 28.8 Å². The van der Waals surface area contributed by atoms with Crippen LogP contribution in [0.15, 0.2) is 49.6 Å². The molecule has 3 aliphatic rings. The number of carbonyl (C=O) groups is 3. The summed E-state index contributed by atoms with van der Waals surface area (Å²) in [7, 11) is 0. The molecule has 43 heavy (non-hydrogen) atoms. The van der Waals surface area contributed by atoms with Gasteiger partial charge in [0.2, 0.25) is 11.8 Å². The highest BCUT2D eigenvalue weighted by molar-refractivity contribution is 5.98. The Hall–Kier alpha value is -3.57. The summed E-state index contributed by atoms with van der Waals surface area (Å²) in [5, 5.41) is 19.1. The highest BCUT2D eigenvalue weighted by Crippen LogP contribution is 2.59. The van der Waals surface area contributed by atoms with E-state index in [9.17, 15) is 19.5 Å². The first-order chi connectivity index (χ1) is 20.8. The average molecular weight is 594 g/mol. The maximum atomic E-state index is 14.7. The molecule has 7 atom stereocenters. The van der Waals surface area contributed by atoms with Crippen LogP contribution in [0.5, 0.6) is 0 Å². The van der Waals surface area contributed by atoms with Gasteiger partial charge >= 0.3 is 5.97 Å². The molecule has 4 heterocycles. The van der Waals surface area contributed by atoms with Crippen molar-refractivity contribution in [3.05, 3.63) is 49.6 Å². The molecule has 1 aromatic heterocycles. The molecule has 2 bridgehead atoms. The molecular weight excluding hydrogens is 550 g/mol. The van der Waals surface area contributed by atoms with E-state index in [1.807, 2.05) is 44.2 Å². The topological polar surface area (TPSA) is 127 Å². The van der Waals surface area contributed by atoms with Crippen LogP contribution in [-0.2, 0) is 30.5 Å². The van der Waals surface area contributed by atoms with Gasteiger partial charge in [0, 0.05) is 6.54 Å². The van der Waals surface area contributed by atoms with E-state index in [1.165, 1.54) is 4.90 Å². The Balaban J connectivity index is 1.49. The minimum absolute atomic E-state index is 0.0807. The number of hydrogen-bond acceptors (Lipinski definition) is 8. The lowest BCUT2D eigenvalue weighted by Crippen LogP contribution is -2.60. The summed E-state index contributed by atoms with van der Waals surface area (Å²) in [6, 6.07) is 5.83. The molecule has 0 radical (unpaired) electrons. The summed E-state index contributed by atoms with van der Waals surface area (Å²) in [5.41, 5.74) is 0.267. The number of amides is 2. The lowest BCUT2D eigenvalue weighted by Gasteiger charge is -2.40. The van der Waals surface area contributed by atoms with Gasteiger partial charge in [0.15, 0.2) is 0 Å². The number of aromatic nitrogens is 3. The molecule has 1 spiro atoms. The van der Waals surface area contributed by atoms with Crippen molar-refractivity contribution < 1.29 is 29.0 Å². The number of unbranched alkanes of at least 4 members (excludes halogenated alkanes) is 2. The monoisotopic (exact) mass is 593 g/mol. The zero-order valence-electron chi connectivity index (χ0n) is 25.1. The van der Waals surface area contributed by atoms with Crippen molar-refractivity contribution in [1.29, 1.82) is 0 Å². The molecule has 3 fully saturated rings. The van der Waals surface area contributed by atoms with Crippen molar-refractivity contribution in [1.82, 2.24) is 24.8 Å². The number of benzene rings is 1. The van der Waals surface area contributed by atoms with E-state index in [-0.39, 0.29) is 44.2 Å². The number of rotatable bonds is 15. The lowest BCUT2D eigenvalue weighted by molar-refractivity contribution is -0.157. The molecule has 2 amide bonds. The summed E-state index contributed by atoms with van der Waals surface area (Å²) < 4.78 is 13.9. The number of carbonyl (C=O) groups excluding carboxylic acids is 3. The maximum absolute atomic E-state index is 14.7. The van der Waals surface area contributed by atoms with Gasteiger partial charge in [0.1, 0.15) is 23.8 Å². The predicted octanol–water partition coefficient (Wildman–Crippen LogP) is 3.08. The molecule has 1 N–H and O–H groups in total. The van der Waals surface area contributed by atoms with Crippen LogP contribution in [0.3, 0.4) is 0 Å². The molecule has 5 rings (SSSR count). The smallest absolute Gasteiger partial charge is 0.312 e. The normalized spacial score (nSPS) is 27.2. The number of esters is 1. The molecule has 2 unspecified atom stereocenters. The van der Waals surface area contributed by atoms with Crippen LogP contribution in [-0.4, -0.2) is 91.2 Å². The maximum Gasteiger partial charge on any atom is 0.312 e. The SMILES string of the molecule is C=CCCCCOC(=O)[C@@H]1[C@H]2C(=O)N([C@@H](CO)[C@@H](C)CC)C(C(=O)N(CC=C)Cn3nnc4ccccc43)C23CC[C@H]1O3. The van der Waals surface area contributed by atoms with Gasteiger partial charge in [-0.1, -0.05) is 49.8 Å². The van der Waals surface area contributed by atoms with Crippen LogP contribution in [0.25, 0.3) is 11.0 Å². The summed E-state index contributed by atoms with van der Waals surface area (Å²) in [6.07, 6.45) is 7.02. The summed E-state index contributed by atoms with van der Waals surface area (Å²) >= 11 is 0. The number of para-hydroxylation sites is 1. The van der Waals surface area contributed by atoms with Gasteiger partial charge in [-0.25, -0.2) is 4.68 Å². The van der Waals surface area contributed by atoms with Crippen molar-refractivity contribution in [3.63, 3.8) is 0 Å². The van der Waals surface area contributed by atoms with E-state index in [0.29, 0.717) is 31.2 Å². The number of aliphatic hydroxyl groups is 1. The molecule has 11 nitrogen and oxygen atoms in total. The van der Waals surface area contributed by atoms with Crippen LogP contribution in [0.4, 0.5) is 0 Å². The Morgan fingerprint density at radius 1 is 1.28 bits per heavy atom. The fraction of sp³-hybridized carbons (Fsp3) is 0.594. The van der Waals surface area contributed by atoms with E-state index in [4.69, 9.17) is 9.47 Å². The number of allylic oxidation sites excluding steroid dienone is 1. The molecule has 0 aliphatic carbocycles. The van der Waals surface area contributed by atoms with Gasteiger partial charge < -0.3 is 24.4 Å². The molecule has 1 aromatic carbocycles. The minimum atomic E-state index is -1.20. The van der Waals surface area contributed by atoms with Crippen LogP contribution in [0.2, 0.25) is 0 Å². The number of nitrogens with zero attached hydrogens (tertiary/aromatic N) is 5. The van der Waals surface area contributed by atoms with E-state index >= 15 is 0 Å². The fourth-order valence-electron chi connectivity index (χ4n) is 7.20. The summed E-state index contributed by atoms with van der Waals surface area (Å²) in [6.45, 7) is 11.7. The lowest BCUT2D eigenvalue weighted by atomic mass is 9.70. The molecule has 0 saturated carbocycles. The van der Waals surface area contributed by atoms with Crippen LogP contribution >= 0.6 is 0 Å². The van der Waals surface area contributed by atoms with Gasteiger partial charge in [-0.2, -0.15) is 0 Å². The Morgan fingerprint density at radius 3 is 2.79 bits per heavy atom. The Morgan fingerprint density at radius 2 is 2.07 bits per heavy atom. The minimum Gasteiger partial charge on any atom is -0.465 e. The summed E-state index contributed by atoms with van der Waals surface area (Å²) in [4.78, 5) is 45.7. The second-order valence-electron chi connectivity index (χ2n) is 12.0. The standard InChI is InChI=1S/C32H43N5O6/c1-5-8-9-12-18-42-31(41)26-25-15-16-32(43-25)27(26)29(39)37(24(19-38)21(4)7-3)28(32)30(40)35(17-6-2)20-36-23-14-11-10-13-22(23)33-34-36/h5-6,10-11,13-14,21,24-28,38H,1-2,7-9,12,15-20H2,3-4H3/t21-,24-,25+,26-,27-,28?,32?/m0/s1. The molecule has 2 aromatic rings. The molecule has 3 saturated heterocycles. The number of fused-ring (bicyclic) bond motifs is 2. The Bertz CT molecular complexity index is 1360. The van der Waals surface area contributed by atoms with Crippen molar-refractivity contribution in [2.45, 2.75) is 82.8 Å². The van der Waals surface area contributed by atoms with Crippen LogP contribution in [0.1, 0.15) is 52.4 Å². The van der Waals surface area contributed by atoms with E-state index in [2.05, 4.69) is 23.5 Å². The number of likely N-dealkylation sites (tertiary alicyclic amines) is 1. The number of hydrogen-bond donors (Lipinski definition) is 1. The number of aliphatic hydroxyl groups excluding tert-OH is 1. The third kappa shape index (κ3) is 5.37. The van der Waals surface area contributed by atoms with Crippen molar-refractivity contribution in [2.24, 2.45) is 17.8 Å². The highest BCUT2D eigenvalue weighted by Gasteiger charge is 2.75. The Kier molecular flexibility index (Phi) is 9.31. The zero-order chi connectivity index (χ0) is 30.7. The first kappa shape index (κ1) is 30.9. The second kappa shape index (κ2) is 13.0. The first-order valence-electron chi connectivity index (χ1n) is 15.4. The van der Waals surface area contributed by atoms with Gasteiger partial charge in [-0.15, -0.1) is 18.3 Å². The van der Waals surface area contributed by atoms with E-state index in [1.54, 1.807) is 15.7 Å². The van der Waals surface area contributed by atoms with Gasteiger partial charge in [-0.05, 0) is 50.2 Å². The predicted molar refractivity (Wildman–Crippen MR) is 159 cm³/mol. The third-order valence-electron chi connectivity index (χ3n) is 9.52. The average Bonchev–Trinajstić information content (AvgIpc) is 3.76. The van der Waals surface area contributed by atoms with Gasteiger partial charge in [-0.3, -0.25) is 14.4 Å². The number of ether oxygens (including phenoxy) is 2. The van der Waals surface area contributed by atoms with Crippen molar-refractivity contribution in [2.75, 3.05) is 19.8 Å². The fourth-order valence-corrected chi connectivity index (χ4v) is 7.20. The van der Waals surface area contributed by atoms with E-state index < -0.39 is 41.6 Å². The zero-order valence-corrected chi connectivity index (χ0v) is 25.1. The van der Waals surface area contributed by atoms with Crippen LogP contribution in [0, 0.1) is 17.8 Å². The molecule has 232 valence electrons. The third-order valence-corrected chi connectivity index (χ3v) is 9.52. The highest BCUT2D eigenvalue weighted by atomic mass is 16.6. The summed E-state index contributed by atoms with van der Waals surface area (Å²) in [5.74, 6) is -2.90. The largest absolute Gasteiger partial charge is 0.465 e. The first-order valence-corrected chi connectivity index (χ1v) is 15.4. The molecule has 3 aliphatic heterocycles. The van der Waals surface area contributed by atoms with Crippen molar-refractivity contribution in [3.8, 4) is 0 Å². The molecule has 11 heteroatoms. The Labute approximate surface area is 252 Å². The second-order valence-corrected chi connectivity index (χ2v) is 12.0. The van der Waals surface area contributed by atoms with E-state index in [0.717, 1.165) is 18.4 Å².